The molecule has 1 unspecified atom stereocenters. The summed E-state index contributed by atoms with van der Waals surface area (Å²) < 4.78 is 0. The van der Waals surface area contributed by atoms with Crippen molar-refractivity contribution in [1.82, 2.24) is 5.32 Å². The van der Waals surface area contributed by atoms with Crippen LogP contribution in [0.25, 0.3) is 0 Å². The molecule has 1 rings (SSSR count). The molecule has 1 fully saturated rings. The summed E-state index contributed by atoms with van der Waals surface area (Å²) in [6, 6.07) is 0.728. The van der Waals surface area contributed by atoms with Gasteiger partial charge in [0.2, 0.25) is 0 Å². The van der Waals surface area contributed by atoms with Crippen LogP contribution in [0.5, 0.6) is 0 Å². The van der Waals surface area contributed by atoms with E-state index in [1.54, 1.807) is 0 Å². The molecule has 0 aromatic rings. The summed E-state index contributed by atoms with van der Waals surface area (Å²) in [6.07, 6.45) is 11.3. The Hall–Kier alpha value is 0.310. The van der Waals surface area contributed by atoms with E-state index in [4.69, 9.17) is 0 Å². The van der Waals surface area contributed by atoms with E-state index < -0.39 is 0 Å². The molecule has 1 nitrogen and oxygen atoms in total. The van der Waals surface area contributed by atoms with Crippen molar-refractivity contribution < 1.29 is 0 Å². The van der Waals surface area contributed by atoms with E-state index in [0.29, 0.717) is 0 Å². The number of hydrogen-bond acceptors (Lipinski definition) is 2. The number of thioether (sulfide) groups is 1. The Bertz CT molecular complexity index is 166. The smallest absolute Gasteiger partial charge is 0.00388 e. The molecule has 2 heteroatoms. The molecule has 1 atom stereocenters. The highest BCUT2D eigenvalue weighted by Gasteiger charge is 2.14. The topological polar surface area (TPSA) is 12.0 Å². The van der Waals surface area contributed by atoms with Crippen molar-refractivity contribution >= 4 is 11.8 Å². The van der Waals surface area contributed by atoms with E-state index in [1.165, 1.54) is 69.4 Å². The zero-order valence-corrected chi connectivity index (χ0v) is 12.7. The maximum Gasteiger partial charge on any atom is 0.00388 e. The lowest BCUT2D eigenvalue weighted by molar-refractivity contribution is 0.398. The van der Waals surface area contributed by atoms with Gasteiger partial charge in [-0.3, -0.25) is 0 Å². The molecule has 1 aliphatic rings. The first-order chi connectivity index (χ1) is 8.33. The first-order valence-electron chi connectivity index (χ1n) is 7.64. The van der Waals surface area contributed by atoms with Crippen molar-refractivity contribution in [2.24, 2.45) is 5.92 Å². The average molecular weight is 257 g/mol. The second kappa shape index (κ2) is 10.3. The van der Waals surface area contributed by atoms with E-state index in [0.717, 1.165) is 12.0 Å². The fraction of sp³-hybridized carbons (Fsp3) is 1.00. The largest absolute Gasteiger partial charge is 0.314 e. The van der Waals surface area contributed by atoms with Crippen molar-refractivity contribution in [3.8, 4) is 0 Å². The summed E-state index contributed by atoms with van der Waals surface area (Å²) in [5.41, 5.74) is 0. The Morgan fingerprint density at radius 3 is 2.53 bits per heavy atom. The summed E-state index contributed by atoms with van der Waals surface area (Å²) in [6.45, 7) is 5.90. The first kappa shape index (κ1) is 15.4. The zero-order valence-electron chi connectivity index (χ0n) is 11.8. The lowest BCUT2D eigenvalue weighted by Gasteiger charge is -2.23. The molecule has 0 bridgehead atoms. The Labute approximate surface area is 113 Å². The highest BCUT2D eigenvalue weighted by molar-refractivity contribution is 7.99. The van der Waals surface area contributed by atoms with Crippen molar-refractivity contribution in [2.45, 2.75) is 71.3 Å². The number of rotatable bonds is 9. The van der Waals surface area contributed by atoms with E-state index in [9.17, 15) is 0 Å². The van der Waals surface area contributed by atoms with Crippen molar-refractivity contribution in [3.05, 3.63) is 0 Å². The first-order valence-corrected chi connectivity index (χ1v) is 8.79. The fourth-order valence-corrected chi connectivity index (χ4v) is 3.68. The maximum atomic E-state index is 3.73. The molecule has 0 aliphatic carbocycles. The van der Waals surface area contributed by atoms with Crippen LogP contribution in [0.1, 0.15) is 65.2 Å². The molecule has 1 aliphatic heterocycles. The van der Waals surface area contributed by atoms with Crippen LogP contribution in [-0.2, 0) is 0 Å². The SMILES string of the molecule is CCCCCCCC(C)NCC1CCSCC1. The zero-order chi connectivity index (χ0) is 12.3. The predicted molar refractivity (Wildman–Crippen MR) is 80.9 cm³/mol. The van der Waals surface area contributed by atoms with Gasteiger partial charge < -0.3 is 5.32 Å². The maximum absolute atomic E-state index is 3.73. The van der Waals surface area contributed by atoms with Gasteiger partial charge in [0.15, 0.2) is 0 Å². The number of nitrogens with one attached hydrogen (secondary N) is 1. The van der Waals surface area contributed by atoms with Crippen LogP contribution in [-0.4, -0.2) is 24.1 Å². The molecule has 0 aromatic heterocycles. The second-order valence-corrected chi connectivity index (χ2v) is 6.79. The molecule has 0 amide bonds. The average Bonchev–Trinajstić information content (AvgIpc) is 2.37. The standard InChI is InChI=1S/C15H31NS/c1-3-4-5-6-7-8-14(2)16-13-15-9-11-17-12-10-15/h14-16H,3-13H2,1-2H3. The van der Waals surface area contributed by atoms with Gasteiger partial charge in [-0.05, 0) is 50.2 Å². The van der Waals surface area contributed by atoms with Crippen LogP contribution in [0.15, 0.2) is 0 Å². The van der Waals surface area contributed by atoms with E-state index in [-0.39, 0.29) is 0 Å². The molecule has 1 N–H and O–H groups in total. The summed E-state index contributed by atoms with van der Waals surface area (Å²) >= 11 is 2.13. The summed E-state index contributed by atoms with van der Waals surface area (Å²) in [7, 11) is 0. The summed E-state index contributed by atoms with van der Waals surface area (Å²) in [5.74, 6) is 3.73. The summed E-state index contributed by atoms with van der Waals surface area (Å²) in [4.78, 5) is 0. The Morgan fingerprint density at radius 1 is 1.12 bits per heavy atom. The Morgan fingerprint density at radius 2 is 1.82 bits per heavy atom. The lowest BCUT2D eigenvalue weighted by Crippen LogP contribution is -2.32. The molecule has 1 saturated heterocycles. The quantitative estimate of drug-likeness (QED) is 0.612. The van der Waals surface area contributed by atoms with Gasteiger partial charge >= 0.3 is 0 Å². The van der Waals surface area contributed by atoms with Gasteiger partial charge in [-0.25, -0.2) is 0 Å². The monoisotopic (exact) mass is 257 g/mol. The molecule has 0 radical (unpaired) electrons. The van der Waals surface area contributed by atoms with Crippen molar-refractivity contribution in [1.29, 1.82) is 0 Å². The van der Waals surface area contributed by atoms with Gasteiger partial charge in [0.05, 0.1) is 0 Å². The van der Waals surface area contributed by atoms with Crippen molar-refractivity contribution in [3.63, 3.8) is 0 Å². The van der Waals surface area contributed by atoms with Crippen LogP contribution in [0.2, 0.25) is 0 Å². The highest BCUT2D eigenvalue weighted by atomic mass is 32.2. The number of hydrogen-bond donors (Lipinski definition) is 1. The molecular formula is C15H31NS. The van der Waals surface area contributed by atoms with E-state index >= 15 is 0 Å². The Kier molecular flexibility index (Phi) is 9.27. The van der Waals surface area contributed by atoms with E-state index in [2.05, 4.69) is 30.9 Å². The molecule has 0 spiro atoms. The minimum absolute atomic E-state index is 0.728. The molecule has 102 valence electrons. The van der Waals surface area contributed by atoms with Crippen LogP contribution in [0.4, 0.5) is 0 Å². The third-order valence-electron chi connectivity index (χ3n) is 3.84. The normalized spacial score (nSPS) is 19.4. The van der Waals surface area contributed by atoms with Gasteiger partial charge in [-0.2, -0.15) is 11.8 Å². The lowest BCUT2D eigenvalue weighted by atomic mass is 10.0. The minimum atomic E-state index is 0.728. The second-order valence-electron chi connectivity index (χ2n) is 5.57. The van der Waals surface area contributed by atoms with Gasteiger partial charge in [0.25, 0.3) is 0 Å². The van der Waals surface area contributed by atoms with Gasteiger partial charge in [-0.1, -0.05) is 39.0 Å². The molecule has 0 aromatic carbocycles. The molecular weight excluding hydrogens is 226 g/mol. The van der Waals surface area contributed by atoms with Gasteiger partial charge in [0.1, 0.15) is 0 Å². The van der Waals surface area contributed by atoms with E-state index in [1.807, 2.05) is 0 Å². The third-order valence-corrected chi connectivity index (χ3v) is 4.89. The highest BCUT2D eigenvalue weighted by Crippen LogP contribution is 2.22. The van der Waals surface area contributed by atoms with Gasteiger partial charge in [-0.15, -0.1) is 0 Å². The fourth-order valence-electron chi connectivity index (χ4n) is 2.47. The minimum Gasteiger partial charge on any atom is -0.314 e. The third kappa shape index (κ3) is 8.10. The van der Waals surface area contributed by atoms with Crippen LogP contribution in [0, 0.1) is 5.92 Å². The van der Waals surface area contributed by atoms with Gasteiger partial charge in [0, 0.05) is 6.04 Å². The van der Waals surface area contributed by atoms with Crippen LogP contribution >= 0.6 is 11.8 Å². The summed E-state index contributed by atoms with van der Waals surface area (Å²) in [5, 5.41) is 3.73. The molecule has 17 heavy (non-hydrogen) atoms. The van der Waals surface area contributed by atoms with Crippen molar-refractivity contribution in [2.75, 3.05) is 18.1 Å². The molecule has 0 saturated carbocycles. The molecule has 1 heterocycles. The van der Waals surface area contributed by atoms with Crippen LogP contribution < -0.4 is 5.32 Å². The number of unbranched alkanes of at least 4 members (excludes halogenated alkanes) is 4. The van der Waals surface area contributed by atoms with Crippen LogP contribution in [0.3, 0.4) is 0 Å². The Balaban J connectivity index is 1.91. The predicted octanol–water partition coefficient (Wildman–Crippen LogP) is 4.47.